The Kier molecular flexibility index (Phi) is 5.50. The molecule has 2 heterocycles. The average molecular weight is 291 g/mol. The van der Waals surface area contributed by atoms with Gasteiger partial charge < -0.3 is 15.1 Å². The van der Waals surface area contributed by atoms with Crippen molar-refractivity contribution in [1.29, 1.82) is 0 Å². The van der Waals surface area contributed by atoms with E-state index in [0.29, 0.717) is 11.7 Å². The standard InChI is InChI=1S/C15H25N5O/c1-4-9-16-14-8-7-13(17-18-14)15(21)20-10-5-6-12(11-20)19(2)3/h7-8,12H,4-6,9-11H2,1-3H3,(H,16,18). The molecule has 1 aromatic heterocycles. The van der Waals surface area contributed by atoms with Crippen LogP contribution in [0.4, 0.5) is 5.82 Å². The van der Waals surface area contributed by atoms with Gasteiger partial charge in [-0.2, -0.15) is 0 Å². The van der Waals surface area contributed by atoms with Gasteiger partial charge in [-0.1, -0.05) is 6.92 Å². The molecule has 1 N–H and O–H groups in total. The van der Waals surface area contributed by atoms with Gasteiger partial charge in [-0.15, -0.1) is 10.2 Å². The number of nitrogens with zero attached hydrogens (tertiary/aromatic N) is 4. The Morgan fingerprint density at radius 3 is 2.86 bits per heavy atom. The van der Waals surface area contributed by atoms with Crippen LogP contribution >= 0.6 is 0 Å². The van der Waals surface area contributed by atoms with Gasteiger partial charge in [0.15, 0.2) is 5.69 Å². The molecule has 0 aliphatic carbocycles. The number of likely N-dealkylation sites (N-methyl/N-ethyl adjacent to an activating group) is 1. The number of piperidine rings is 1. The second-order valence-electron chi connectivity index (χ2n) is 5.74. The zero-order chi connectivity index (χ0) is 15.2. The van der Waals surface area contributed by atoms with E-state index in [1.165, 1.54) is 0 Å². The molecule has 1 aliphatic heterocycles. The lowest BCUT2D eigenvalue weighted by Crippen LogP contribution is -2.47. The largest absolute Gasteiger partial charge is 0.369 e. The van der Waals surface area contributed by atoms with Crippen molar-refractivity contribution < 1.29 is 4.79 Å². The van der Waals surface area contributed by atoms with Crippen molar-refractivity contribution in [3.8, 4) is 0 Å². The quantitative estimate of drug-likeness (QED) is 0.890. The summed E-state index contributed by atoms with van der Waals surface area (Å²) in [5.74, 6) is 0.703. The summed E-state index contributed by atoms with van der Waals surface area (Å²) in [7, 11) is 4.12. The fourth-order valence-corrected chi connectivity index (χ4v) is 2.52. The minimum absolute atomic E-state index is 0.0175. The molecule has 0 spiro atoms. The highest BCUT2D eigenvalue weighted by atomic mass is 16.2. The smallest absolute Gasteiger partial charge is 0.274 e. The van der Waals surface area contributed by atoms with Gasteiger partial charge in [-0.05, 0) is 45.5 Å². The average Bonchev–Trinajstić information content (AvgIpc) is 2.53. The topological polar surface area (TPSA) is 61.4 Å². The lowest BCUT2D eigenvalue weighted by molar-refractivity contribution is 0.0628. The van der Waals surface area contributed by atoms with Crippen LogP contribution in [0.3, 0.4) is 0 Å². The van der Waals surface area contributed by atoms with Gasteiger partial charge in [0.2, 0.25) is 0 Å². The molecule has 6 nitrogen and oxygen atoms in total. The minimum Gasteiger partial charge on any atom is -0.369 e. The summed E-state index contributed by atoms with van der Waals surface area (Å²) in [4.78, 5) is 16.5. The monoisotopic (exact) mass is 291 g/mol. The second kappa shape index (κ2) is 7.36. The highest BCUT2D eigenvalue weighted by molar-refractivity contribution is 5.92. The van der Waals surface area contributed by atoms with E-state index in [0.717, 1.165) is 44.7 Å². The summed E-state index contributed by atoms with van der Waals surface area (Å²) in [6.07, 6.45) is 3.21. The summed E-state index contributed by atoms with van der Waals surface area (Å²) in [6, 6.07) is 4.01. The Morgan fingerprint density at radius 2 is 2.24 bits per heavy atom. The molecule has 0 bridgehead atoms. The summed E-state index contributed by atoms with van der Waals surface area (Å²) in [5, 5.41) is 11.3. The first-order chi connectivity index (χ1) is 10.1. The van der Waals surface area contributed by atoms with E-state index in [2.05, 4.69) is 41.4 Å². The van der Waals surface area contributed by atoms with Crippen molar-refractivity contribution in [2.24, 2.45) is 0 Å². The van der Waals surface area contributed by atoms with E-state index in [1.54, 1.807) is 6.07 Å². The highest BCUT2D eigenvalue weighted by Gasteiger charge is 2.26. The third kappa shape index (κ3) is 4.14. The number of hydrogen-bond donors (Lipinski definition) is 1. The van der Waals surface area contributed by atoms with E-state index in [4.69, 9.17) is 0 Å². The normalized spacial score (nSPS) is 18.9. The number of anilines is 1. The van der Waals surface area contributed by atoms with E-state index in [1.807, 2.05) is 11.0 Å². The van der Waals surface area contributed by atoms with Crippen LogP contribution in [0, 0.1) is 0 Å². The van der Waals surface area contributed by atoms with Gasteiger partial charge in [-0.3, -0.25) is 4.79 Å². The third-order valence-electron chi connectivity index (χ3n) is 3.85. The van der Waals surface area contributed by atoms with E-state index >= 15 is 0 Å². The minimum atomic E-state index is -0.0175. The SMILES string of the molecule is CCCNc1ccc(C(=O)N2CCCC(N(C)C)C2)nn1. The second-order valence-corrected chi connectivity index (χ2v) is 5.74. The zero-order valence-electron chi connectivity index (χ0n) is 13.2. The molecule has 1 amide bonds. The van der Waals surface area contributed by atoms with Crippen molar-refractivity contribution in [3.63, 3.8) is 0 Å². The number of aromatic nitrogens is 2. The third-order valence-corrected chi connectivity index (χ3v) is 3.85. The lowest BCUT2D eigenvalue weighted by Gasteiger charge is -2.35. The summed E-state index contributed by atoms with van der Waals surface area (Å²) in [6.45, 7) is 4.53. The van der Waals surface area contributed by atoms with Crippen LogP contribution in [0.2, 0.25) is 0 Å². The molecule has 1 atom stereocenters. The van der Waals surface area contributed by atoms with E-state index in [9.17, 15) is 4.79 Å². The molecule has 0 saturated carbocycles. The molecule has 1 aromatic rings. The van der Waals surface area contributed by atoms with Gasteiger partial charge in [0, 0.05) is 25.7 Å². The first-order valence-corrected chi connectivity index (χ1v) is 7.65. The number of likely N-dealkylation sites (tertiary alicyclic amines) is 1. The van der Waals surface area contributed by atoms with E-state index < -0.39 is 0 Å². The molecule has 2 rings (SSSR count). The molecular formula is C15H25N5O. The first-order valence-electron chi connectivity index (χ1n) is 7.65. The maximum absolute atomic E-state index is 12.5. The number of nitrogens with one attached hydrogen (secondary N) is 1. The summed E-state index contributed by atoms with van der Waals surface area (Å²) in [5.41, 5.74) is 0.427. The Morgan fingerprint density at radius 1 is 1.43 bits per heavy atom. The van der Waals surface area contributed by atoms with Gasteiger partial charge in [0.25, 0.3) is 5.91 Å². The van der Waals surface area contributed by atoms with Crippen LogP contribution in [-0.2, 0) is 0 Å². The Hall–Kier alpha value is -1.69. The number of carbonyl (C=O) groups excluding carboxylic acids is 1. The molecule has 1 fully saturated rings. The molecule has 21 heavy (non-hydrogen) atoms. The van der Waals surface area contributed by atoms with Gasteiger partial charge in [0.05, 0.1) is 0 Å². The summed E-state index contributed by atoms with van der Waals surface area (Å²) < 4.78 is 0. The molecule has 1 unspecified atom stereocenters. The van der Waals surface area contributed by atoms with Crippen LogP contribution in [0.25, 0.3) is 0 Å². The fraction of sp³-hybridized carbons (Fsp3) is 0.667. The maximum atomic E-state index is 12.5. The molecular weight excluding hydrogens is 266 g/mol. The molecule has 0 aromatic carbocycles. The summed E-state index contributed by atoms with van der Waals surface area (Å²) >= 11 is 0. The lowest BCUT2D eigenvalue weighted by atomic mass is 10.0. The van der Waals surface area contributed by atoms with Crippen LogP contribution in [0.15, 0.2) is 12.1 Å². The maximum Gasteiger partial charge on any atom is 0.274 e. The first kappa shape index (κ1) is 15.7. The van der Waals surface area contributed by atoms with Crippen molar-refractivity contribution >= 4 is 11.7 Å². The molecule has 1 saturated heterocycles. The molecule has 6 heteroatoms. The predicted molar refractivity (Wildman–Crippen MR) is 83.4 cm³/mol. The van der Waals surface area contributed by atoms with Crippen LogP contribution in [0.1, 0.15) is 36.7 Å². The Labute approximate surface area is 126 Å². The van der Waals surface area contributed by atoms with E-state index in [-0.39, 0.29) is 5.91 Å². The predicted octanol–water partition coefficient (Wildman–Crippen LogP) is 1.46. The number of amides is 1. The van der Waals surface area contributed by atoms with Crippen LogP contribution in [-0.4, -0.2) is 65.7 Å². The number of hydrogen-bond acceptors (Lipinski definition) is 5. The Balaban J connectivity index is 1.99. The highest BCUT2D eigenvalue weighted by Crippen LogP contribution is 2.16. The van der Waals surface area contributed by atoms with Gasteiger partial charge >= 0.3 is 0 Å². The number of rotatable bonds is 5. The fourth-order valence-electron chi connectivity index (χ4n) is 2.52. The zero-order valence-corrected chi connectivity index (χ0v) is 13.2. The molecule has 1 aliphatic rings. The van der Waals surface area contributed by atoms with Crippen molar-refractivity contribution in [2.75, 3.05) is 39.0 Å². The van der Waals surface area contributed by atoms with Gasteiger partial charge in [-0.25, -0.2) is 0 Å². The van der Waals surface area contributed by atoms with Crippen LogP contribution in [0.5, 0.6) is 0 Å². The molecule has 116 valence electrons. The van der Waals surface area contributed by atoms with Crippen molar-refractivity contribution in [1.82, 2.24) is 20.0 Å². The number of carbonyl (C=O) groups is 1. The van der Waals surface area contributed by atoms with Crippen molar-refractivity contribution in [2.45, 2.75) is 32.2 Å². The van der Waals surface area contributed by atoms with Crippen LogP contribution < -0.4 is 5.32 Å². The Bertz CT molecular complexity index is 460. The van der Waals surface area contributed by atoms with Gasteiger partial charge in [0.1, 0.15) is 5.82 Å². The van der Waals surface area contributed by atoms with Crippen molar-refractivity contribution in [3.05, 3.63) is 17.8 Å². The molecule has 0 radical (unpaired) electrons.